The van der Waals surface area contributed by atoms with E-state index in [0.717, 1.165) is 38.8 Å². The number of hydrogen-bond acceptors (Lipinski definition) is 1. The van der Waals surface area contributed by atoms with E-state index in [4.69, 9.17) is 4.42 Å². The fourth-order valence-corrected chi connectivity index (χ4v) is 7.56. The van der Waals surface area contributed by atoms with Gasteiger partial charge in [0.25, 0.3) is 0 Å². The Morgan fingerprint density at radius 1 is 0.320 bits per heavy atom. The highest BCUT2D eigenvalue weighted by atomic mass is 16.3. The lowest BCUT2D eigenvalue weighted by Gasteiger charge is -2.11. The summed E-state index contributed by atoms with van der Waals surface area (Å²) in [4.78, 5) is 0. The molecule has 0 aliphatic rings. The summed E-state index contributed by atoms with van der Waals surface area (Å²) in [5, 5.41) is 4.78. The summed E-state index contributed by atoms with van der Waals surface area (Å²) >= 11 is 0. The van der Waals surface area contributed by atoms with E-state index in [1.807, 2.05) is 12.1 Å². The molecular formula is C48H31NO. The zero-order valence-corrected chi connectivity index (χ0v) is 27.3. The largest absolute Gasteiger partial charge is 0.455 e. The highest BCUT2D eigenvalue weighted by molar-refractivity contribution is 6.12. The van der Waals surface area contributed by atoms with Gasteiger partial charge in [-0.25, -0.2) is 0 Å². The standard InChI is InChI=1S/C48H31NO/c1-3-11-32(12-4-1)37-25-27-45-43(30-37)44-31-38(33-13-5-2-6-14-33)26-28-46(44)49(45)39-16-9-15-36(29-39)34-21-23-35(24-22-34)40-18-10-19-42-41-17-7-8-20-47(41)50-48(40)42/h1-31H. The monoisotopic (exact) mass is 637 g/mol. The third kappa shape index (κ3) is 4.65. The molecule has 0 unspecified atom stereocenters. The van der Waals surface area contributed by atoms with Crippen molar-refractivity contribution in [2.45, 2.75) is 0 Å². The Balaban J connectivity index is 1.09. The maximum absolute atomic E-state index is 6.34. The SMILES string of the molecule is c1ccc(-c2ccc3c(c2)c2cc(-c4ccccc4)ccc2n3-c2cccc(-c3ccc(-c4cccc5c4oc4ccccc45)cc3)c2)cc1. The van der Waals surface area contributed by atoms with Crippen LogP contribution in [0.3, 0.4) is 0 Å². The molecule has 2 heterocycles. The number of hydrogen-bond donors (Lipinski definition) is 0. The average Bonchev–Trinajstić information content (AvgIpc) is 3.74. The van der Waals surface area contributed by atoms with Gasteiger partial charge in [0.1, 0.15) is 11.2 Å². The Morgan fingerprint density at radius 2 is 0.820 bits per heavy atom. The first-order valence-electron chi connectivity index (χ1n) is 17.1. The molecule has 0 fully saturated rings. The Kier molecular flexibility index (Phi) is 6.53. The molecule has 10 rings (SSSR count). The summed E-state index contributed by atoms with van der Waals surface area (Å²) in [6.07, 6.45) is 0. The molecule has 50 heavy (non-hydrogen) atoms. The first-order valence-corrected chi connectivity index (χ1v) is 17.1. The van der Waals surface area contributed by atoms with Crippen molar-refractivity contribution in [3.8, 4) is 50.2 Å². The van der Waals surface area contributed by atoms with Gasteiger partial charge in [-0.05, 0) is 81.4 Å². The summed E-state index contributed by atoms with van der Waals surface area (Å²) in [5.74, 6) is 0. The molecule has 0 amide bonds. The zero-order valence-electron chi connectivity index (χ0n) is 27.3. The van der Waals surface area contributed by atoms with Crippen LogP contribution in [0.25, 0.3) is 93.9 Å². The van der Waals surface area contributed by atoms with Crippen molar-refractivity contribution in [1.29, 1.82) is 0 Å². The molecule has 0 aliphatic carbocycles. The van der Waals surface area contributed by atoms with Crippen molar-refractivity contribution in [2.24, 2.45) is 0 Å². The van der Waals surface area contributed by atoms with Gasteiger partial charge in [0, 0.05) is 32.8 Å². The lowest BCUT2D eigenvalue weighted by atomic mass is 9.98. The molecule has 234 valence electrons. The number of fused-ring (bicyclic) bond motifs is 6. The molecule has 0 saturated heterocycles. The summed E-state index contributed by atoms with van der Waals surface area (Å²) < 4.78 is 8.75. The fraction of sp³-hybridized carbons (Fsp3) is 0. The Morgan fingerprint density at radius 3 is 1.50 bits per heavy atom. The Bertz CT molecular complexity index is 2740. The number of nitrogens with zero attached hydrogens (tertiary/aromatic N) is 1. The number of benzene rings is 8. The van der Waals surface area contributed by atoms with Gasteiger partial charge < -0.3 is 8.98 Å². The molecule has 10 aromatic rings. The molecule has 0 atom stereocenters. The predicted octanol–water partition coefficient (Wildman–Crippen LogP) is 13.4. The van der Waals surface area contributed by atoms with Crippen LogP contribution in [0.5, 0.6) is 0 Å². The summed E-state index contributed by atoms with van der Waals surface area (Å²) in [5.41, 5.74) is 14.8. The molecule has 0 aliphatic heterocycles. The number of rotatable bonds is 5. The lowest BCUT2D eigenvalue weighted by Crippen LogP contribution is -1.94. The van der Waals surface area contributed by atoms with Crippen LogP contribution in [-0.4, -0.2) is 4.57 Å². The quantitative estimate of drug-likeness (QED) is 0.184. The zero-order chi connectivity index (χ0) is 33.0. The van der Waals surface area contributed by atoms with Crippen molar-refractivity contribution in [3.63, 3.8) is 0 Å². The van der Waals surface area contributed by atoms with Gasteiger partial charge in [-0.15, -0.1) is 0 Å². The Hall–Kier alpha value is -6.64. The van der Waals surface area contributed by atoms with E-state index in [2.05, 4.69) is 180 Å². The number of aromatic nitrogens is 1. The molecule has 0 saturated carbocycles. The predicted molar refractivity (Wildman–Crippen MR) is 210 cm³/mol. The third-order valence-electron chi connectivity index (χ3n) is 10.0. The van der Waals surface area contributed by atoms with Crippen molar-refractivity contribution >= 4 is 43.7 Å². The maximum atomic E-state index is 6.34. The fourth-order valence-electron chi connectivity index (χ4n) is 7.56. The first kappa shape index (κ1) is 28.4. The van der Waals surface area contributed by atoms with Crippen molar-refractivity contribution < 1.29 is 4.42 Å². The van der Waals surface area contributed by atoms with Crippen molar-refractivity contribution in [1.82, 2.24) is 4.57 Å². The van der Waals surface area contributed by atoms with Crippen LogP contribution in [0.15, 0.2) is 192 Å². The third-order valence-corrected chi connectivity index (χ3v) is 10.0. The Labute approximate surface area is 290 Å². The van der Waals surface area contributed by atoms with Crippen LogP contribution in [0.1, 0.15) is 0 Å². The van der Waals surface area contributed by atoms with Crippen LogP contribution in [0.2, 0.25) is 0 Å². The van der Waals surface area contributed by atoms with E-state index in [0.29, 0.717) is 0 Å². The average molecular weight is 638 g/mol. The van der Waals surface area contributed by atoms with Gasteiger partial charge in [0.05, 0.1) is 11.0 Å². The van der Waals surface area contributed by atoms with Gasteiger partial charge in [-0.3, -0.25) is 0 Å². The van der Waals surface area contributed by atoms with E-state index >= 15 is 0 Å². The minimum absolute atomic E-state index is 0.918. The van der Waals surface area contributed by atoms with Crippen molar-refractivity contribution in [3.05, 3.63) is 188 Å². The number of para-hydroxylation sites is 2. The summed E-state index contributed by atoms with van der Waals surface area (Å²) in [7, 11) is 0. The molecule has 8 aromatic carbocycles. The molecule has 0 N–H and O–H groups in total. The summed E-state index contributed by atoms with van der Waals surface area (Å²) in [6.45, 7) is 0. The van der Waals surface area contributed by atoms with Gasteiger partial charge in [0.2, 0.25) is 0 Å². The van der Waals surface area contributed by atoms with Crippen LogP contribution >= 0.6 is 0 Å². The molecule has 2 nitrogen and oxygen atoms in total. The molecule has 0 bridgehead atoms. The minimum atomic E-state index is 0.918. The van der Waals surface area contributed by atoms with Crippen LogP contribution in [-0.2, 0) is 0 Å². The van der Waals surface area contributed by atoms with Crippen LogP contribution in [0, 0.1) is 0 Å². The van der Waals surface area contributed by atoms with Gasteiger partial charge >= 0.3 is 0 Å². The van der Waals surface area contributed by atoms with Gasteiger partial charge in [0.15, 0.2) is 0 Å². The lowest BCUT2D eigenvalue weighted by molar-refractivity contribution is 0.670. The molecule has 0 spiro atoms. The first-order chi connectivity index (χ1) is 24.8. The van der Waals surface area contributed by atoms with E-state index in [9.17, 15) is 0 Å². The van der Waals surface area contributed by atoms with E-state index in [1.54, 1.807) is 0 Å². The second kappa shape index (κ2) is 11.5. The second-order valence-electron chi connectivity index (χ2n) is 12.9. The number of furan rings is 1. The molecule has 2 aromatic heterocycles. The topological polar surface area (TPSA) is 18.1 Å². The van der Waals surface area contributed by atoms with Crippen molar-refractivity contribution in [2.75, 3.05) is 0 Å². The van der Waals surface area contributed by atoms with E-state index < -0.39 is 0 Å². The normalized spacial score (nSPS) is 11.6. The van der Waals surface area contributed by atoms with Crippen LogP contribution in [0.4, 0.5) is 0 Å². The highest BCUT2D eigenvalue weighted by Crippen LogP contribution is 2.39. The molecule has 0 radical (unpaired) electrons. The van der Waals surface area contributed by atoms with Gasteiger partial charge in [-0.1, -0.05) is 146 Å². The maximum Gasteiger partial charge on any atom is 0.143 e. The summed E-state index contributed by atoms with van der Waals surface area (Å²) in [6, 6.07) is 67.5. The molecular weight excluding hydrogens is 607 g/mol. The smallest absolute Gasteiger partial charge is 0.143 e. The highest BCUT2D eigenvalue weighted by Gasteiger charge is 2.16. The minimum Gasteiger partial charge on any atom is -0.455 e. The van der Waals surface area contributed by atoms with Crippen LogP contribution < -0.4 is 0 Å². The second-order valence-corrected chi connectivity index (χ2v) is 12.9. The van der Waals surface area contributed by atoms with E-state index in [-0.39, 0.29) is 0 Å². The van der Waals surface area contributed by atoms with E-state index in [1.165, 1.54) is 55.2 Å². The van der Waals surface area contributed by atoms with Gasteiger partial charge in [-0.2, -0.15) is 0 Å². The molecule has 2 heteroatoms.